The van der Waals surface area contributed by atoms with Gasteiger partial charge in [-0.05, 0) is 68.4 Å². The van der Waals surface area contributed by atoms with Crippen molar-refractivity contribution in [3.63, 3.8) is 0 Å². The summed E-state index contributed by atoms with van der Waals surface area (Å²) in [5, 5.41) is 5.14. The molecular formula is C23H20ClFN2O2S. The molecular weight excluding hydrogens is 423 g/mol. The van der Waals surface area contributed by atoms with Crippen LogP contribution in [0, 0.1) is 12.7 Å². The van der Waals surface area contributed by atoms with E-state index in [1.54, 1.807) is 31.2 Å². The zero-order valence-electron chi connectivity index (χ0n) is 16.4. The minimum Gasteiger partial charge on any atom is -0.325 e. The first kappa shape index (κ1) is 21.9. The second-order valence-electron chi connectivity index (χ2n) is 6.72. The standard InChI is InChI=1S/C23H20ClFN2O2S/c1-14-3-5-16(6-4-14)23(29)26-17-7-10-19(11-8-17)30-15(2)22(28)27-18-9-12-21(25)20(24)13-18/h3-13,15H,1-2H3,(H,26,29)(H,27,28). The van der Waals surface area contributed by atoms with Gasteiger partial charge in [0.2, 0.25) is 5.91 Å². The van der Waals surface area contributed by atoms with E-state index in [4.69, 9.17) is 11.6 Å². The fraction of sp³-hybridized carbons (Fsp3) is 0.130. The van der Waals surface area contributed by atoms with Gasteiger partial charge in [-0.1, -0.05) is 29.3 Å². The maximum Gasteiger partial charge on any atom is 0.255 e. The average Bonchev–Trinajstić information content (AvgIpc) is 2.72. The molecule has 4 nitrogen and oxygen atoms in total. The van der Waals surface area contributed by atoms with Gasteiger partial charge < -0.3 is 10.6 Å². The lowest BCUT2D eigenvalue weighted by atomic mass is 10.1. The molecule has 0 radical (unpaired) electrons. The molecule has 3 rings (SSSR count). The predicted molar refractivity (Wildman–Crippen MR) is 121 cm³/mol. The first-order chi connectivity index (χ1) is 14.3. The van der Waals surface area contributed by atoms with E-state index in [1.807, 2.05) is 31.2 Å². The molecule has 7 heteroatoms. The van der Waals surface area contributed by atoms with E-state index >= 15 is 0 Å². The van der Waals surface area contributed by atoms with Crippen LogP contribution in [0.2, 0.25) is 5.02 Å². The van der Waals surface area contributed by atoms with Crippen molar-refractivity contribution in [1.82, 2.24) is 0 Å². The predicted octanol–water partition coefficient (Wildman–Crippen LogP) is 6.16. The molecule has 2 N–H and O–H groups in total. The van der Waals surface area contributed by atoms with Crippen LogP contribution in [-0.4, -0.2) is 17.1 Å². The number of hydrogen-bond donors (Lipinski definition) is 2. The molecule has 0 bridgehead atoms. The van der Waals surface area contributed by atoms with Crippen LogP contribution in [0.3, 0.4) is 0 Å². The molecule has 1 atom stereocenters. The molecule has 2 amide bonds. The minimum absolute atomic E-state index is 0.0450. The summed E-state index contributed by atoms with van der Waals surface area (Å²) >= 11 is 7.11. The molecule has 0 saturated heterocycles. The summed E-state index contributed by atoms with van der Waals surface area (Å²) in [6, 6.07) is 18.6. The molecule has 0 saturated carbocycles. The van der Waals surface area contributed by atoms with Crippen LogP contribution in [0.4, 0.5) is 15.8 Å². The van der Waals surface area contributed by atoms with Crippen molar-refractivity contribution in [2.45, 2.75) is 24.0 Å². The van der Waals surface area contributed by atoms with Crippen LogP contribution < -0.4 is 10.6 Å². The Morgan fingerprint density at radius 1 is 0.933 bits per heavy atom. The number of rotatable bonds is 6. The van der Waals surface area contributed by atoms with Gasteiger partial charge in [0.05, 0.1) is 10.3 Å². The van der Waals surface area contributed by atoms with Crippen LogP contribution in [-0.2, 0) is 4.79 Å². The van der Waals surface area contributed by atoms with Gasteiger partial charge in [0.25, 0.3) is 5.91 Å². The molecule has 0 aromatic heterocycles. The van der Waals surface area contributed by atoms with Crippen molar-refractivity contribution in [3.8, 4) is 0 Å². The molecule has 154 valence electrons. The Morgan fingerprint density at radius 2 is 1.57 bits per heavy atom. The second kappa shape index (κ2) is 9.78. The minimum atomic E-state index is -0.536. The lowest BCUT2D eigenvalue weighted by Gasteiger charge is -2.13. The number of carbonyl (C=O) groups excluding carboxylic acids is 2. The molecule has 3 aromatic rings. The van der Waals surface area contributed by atoms with Crippen LogP contribution in [0.25, 0.3) is 0 Å². The lowest BCUT2D eigenvalue weighted by Crippen LogP contribution is -2.22. The van der Waals surface area contributed by atoms with Crippen molar-refractivity contribution in [2.75, 3.05) is 10.6 Å². The van der Waals surface area contributed by atoms with Gasteiger partial charge in [-0.2, -0.15) is 0 Å². The van der Waals surface area contributed by atoms with Crippen LogP contribution >= 0.6 is 23.4 Å². The number of amides is 2. The molecule has 0 fully saturated rings. The maximum absolute atomic E-state index is 13.2. The van der Waals surface area contributed by atoms with Crippen molar-refractivity contribution in [2.24, 2.45) is 0 Å². The lowest BCUT2D eigenvalue weighted by molar-refractivity contribution is -0.115. The Kier molecular flexibility index (Phi) is 7.13. The zero-order chi connectivity index (χ0) is 21.7. The molecule has 0 aliphatic rings. The molecule has 0 heterocycles. The summed E-state index contributed by atoms with van der Waals surface area (Å²) in [5.74, 6) is -0.938. The molecule has 0 spiro atoms. The van der Waals surface area contributed by atoms with Crippen LogP contribution in [0.15, 0.2) is 71.6 Å². The topological polar surface area (TPSA) is 58.2 Å². The molecule has 0 aliphatic carbocycles. The quantitative estimate of drug-likeness (QED) is 0.449. The zero-order valence-corrected chi connectivity index (χ0v) is 18.0. The third-order valence-electron chi connectivity index (χ3n) is 4.30. The van der Waals surface area contributed by atoms with Gasteiger partial charge in [0, 0.05) is 21.8 Å². The van der Waals surface area contributed by atoms with Crippen LogP contribution in [0.5, 0.6) is 0 Å². The Morgan fingerprint density at radius 3 is 2.20 bits per heavy atom. The van der Waals surface area contributed by atoms with Gasteiger partial charge >= 0.3 is 0 Å². The van der Waals surface area contributed by atoms with E-state index in [2.05, 4.69) is 10.6 Å². The smallest absolute Gasteiger partial charge is 0.255 e. The summed E-state index contributed by atoms with van der Waals surface area (Å²) < 4.78 is 13.2. The summed E-state index contributed by atoms with van der Waals surface area (Å²) in [5.41, 5.74) is 2.79. The summed E-state index contributed by atoms with van der Waals surface area (Å²) in [6.07, 6.45) is 0. The monoisotopic (exact) mass is 442 g/mol. The van der Waals surface area contributed by atoms with Crippen molar-refractivity contribution in [3.05, 3.63) is 88.7 Å². The van der Waals surface area contributed by atoms with Gasteiger partial charge in [0.15, 0.2) is 0 Å². The highest BCUT2D eigenvalue weighted by Gasteiger charge is 2.15. The average molecular weight is 443 g/mol. The van der Waals surface area contributed by atoms with E-state index in [1.165, 1.54) is 30.0 Å². The third-order valence-corrected chi connectivity index (χ3v) is 5.70. The third kappa shape index (κ3) is 5.84. The van der Waals surface area contributed by atoms with Crippen molar-refractivity contribution in [1.29, 1.82) is 0 Å². The number of benzene rings is 3. The molecule has 30 heavy (non-hydrogen) atoms. The Balaban J connectivity index is 1.56. The van der Waals surface area contributed by atoms with E-state index < -0.39 is 5.82 Å². The number of carbonyl (C=O) groups is 2. The summed E-state index contributed by atoms with van der Waals surface area (Å²) in [4.78, 5) is 25.6. The van der Waals surface area contributed by atoms with E-state index in [9.17, 15) is 14.0 Å². The first-order valence-electron chi connectivity index (χ1n) is 9.22. The summed E-state index contributed by atoms with van der Waals surface area (Å²) in [7, 11) is 0. The highest BCUT2D eigenvalue weighted by atomic mass is 35.5. The largest absolute Gasteiger partial charge is 0.325 e. The van der Waals surface area contributed by atoms with Crippen LogP contribution in [0.1, 0.15) is 22.8 Å². The molecule has 3 aromatic carbocycles. The van der Waals surface area contributed by atoms with Gasteiger partial charge in [-0.15, -0.1) is 11.8 Å². The van der Waals surface area contributed by atoms with Gasteiger partial charge in [-0.25, -0.2) is 4.39 Å². The number of thioether (sulfide) groups is 1. The number of anilines is 2. The van der Waals surface area contributed by atoms with Gasteiger partial charge in [-0.3, -0.25) is 9.59 Å². The summed E-state index contributed by atoms with van der Waals surface area (Å²) in [6.45, 7) is 3.74. The Labute approximate surface area is 183 Å². The number of nitrogens with one attached hydrogen (secondary N) is 2. The highest BCUT2D eigenvalue weighted by Crippen LogP contribution is 2.26. The maximum atomic E-state index is 13.2. The Hall–Kier alpha value is -2.83. The fourth-order valence-corrected chi connectivity index (χ4v) is 3.65. The number of hydrogen-bond acceptors (Lipinski definition) is 3. The SMILES string of the molecule is Cc1ccc(C(=O)Nc2ccc(SC(C)C(=O)Nc3ccc(F)c(Cl)c3)cc2)cc1. The van der Waals surface area contributed by atoms with Crippen molar-refractivity contribution >= 4 is 46.6 Å². The first-order valence-corrected chi connectivity index (χ1v) is 10.5. The van der Waals surface area contributed by atoms with E-state index in [-0.39, 0.29) is 22.1 Å². The normalized spacial score (nSPS) is 11.6. The van der Waals surface area contributed by atoms with E-state index in [0.29, 0.717) is 16.9 Å². The van der Waals surface area contributed by atoms with E-state index in [0.717, 1.165) is 10.5 Å². The molecule has 1 unspecified atom stereocenters. The highest BCUT2D eigenvalue weighted by molar-refractivity contribution is 8.00. The number of halogens is 2. The molecule has 0 aliphatic heterocycles. The number of aryl methyl sites for hydroxylation is 1. The Bertz CT molecular complexity index is 1060. The van der Waals surface area contributed by atoms with Crippen molar-refractivity contribution < 1.29 is 14.0 Å². The van der Waals surface area contributed by atoms with Gasteiger partial charge in [0.1, 0.15) is 5.82 Å². The second-order valence-corrected chi connectivity index (χ2v) is 8.54. The fourth-order valence-electron chi connectivity index (χ4n) is 2.60.